The summed E-state index contributed by atoms with van der Waals surface area (Å²) in [6.45, 7) is 0. The van der Waals surface area contributed by atoms with Crippen LogP contribution in [0.2, 0.25) is 5.15 Å². The zero-order chi connectivity index (χ0) is 9.26. The van der Waals surface area contributed by atoms with Crippen LogP contribution in [0.3, 0.4) is 0 Å². The van der Waals surface area contributed by atoms with Gasteiger partial charge in [-0.05, 0) is 39.7 Å². The Morgan fingerprint density at radius 1 is 1.23 bits per heavy atom. The third-order valence-electron chi connectivity index (χ3n) is 1.63. The predicted octanol–water partition coefficient (Wildman–Crippen LogP) is 4.07. The number of hydrogen-bond donors (Lipinski definition) is 0. The van der Waals surface area contributed by atoms with E-state index in [-0.39, 0.29) is 0 Å². The normalized spacial score (nSPS) is 10.3. The number of hydrogen-bond acceptors (Lipinski definition) is 2. The Hall–Kier alpha value is -0.130. The topological polar surface area (TPSA) is 12.9 Å². The lowest BCUT2D eigenvalue weighted by molar-refractivity contribution is 1.55. The van der Waals surface area contributed by atoms with E-state index >= 15 is 0 Å². The van der Waals surface area contributed by atoms with Crippen LogP contribution >= 0.6 is 45.7 Å². The van der Waals surface area contributed by atoms with E-state index in [2.05, 4.69) is 39.1 Å². The zero-order valence-electron chi connectivity index (χ0n) is 6.50. The van der Waals surface area contributed by atoms with Crippen molar-refractivity contribution in [1.29, 1.82) is 0 Å². The largest absolute Gasteiger partial charge is 0.179 e. The molecule has 1 aromatic heterocycles. The van der Waals surface area contributed by atoms with Gasteiger partial charge in [-0.25, -0.2) is 0 Å². The number of rotatable bonds is 1. The lowest BCUT2D eigenvalue weighted by Crippen LogP contribution is -1.73. The third kappa shape index (κ3) is 1.87. The van der Waals surface area contributed by atoms with Crippen LogP contribution in [0.1, 0.15) is 0 Å². The molecule has 1 aromatic carbocycles. The van der Waals surface area contributed by atoms with Gasteiger partial charge in [-0.3, -0.25) is 0 Å². The van der Waals surface area contributed by atoms with E-state index in [9.17, 15) is 0 Å². The molecule has 0 saturated carbocycles. The fourth-order valence-electron chi connectivity index (χ4n) is 1.03. The van der Waals surface area contributed by atoms with Crippen LogP contribution in [0.4, 0.5) is 0 Å². The van der Waals surface area contributed by atoms with Gasteiger partial charge in [0, 0.05) is 0 Å². The maximum atomic E-state index is 5.87. The van der Waals surface area contributed by atoms with E-state index in [0.717, 1.165) is 8.45 Å². The predicted molar refractivity (Wildman–Crippen MR) is 65.3 cm³/mol. The summed E-state index contributed by atoms with van der Waals surface area (Å²) >= 11 is 9.53. The molecule has 0 spiro atoms. The average molecular weight is 322 g/mol. The second-order valence-electron chi connectivity index (χ2n) is 2.48. The lowest BCUT2D eigenvalue weighted by Gasteiger charge is -1.95. The molecule has 4 heteroatoms. The average Bonchev–Trinajstić information content (AvgIpc) is 2.49. The standard InChI is InChI=1S/C9H5ClINS/c10-9-7(11)8(13-12-9)6-4-2-1-3-5-6/h1-5H. The molecule has 0 aliphatic rings. The van der Waals surface area contributed by atoms with Crippen LogP contribution in [0.25, 0.3) is 10.4 Å². The molecule has 0 aliphatic heterocycles. The Bertz CT molecular complexity index is 413. The first-order chi connectivity index (χ1) is 6.29. The quantitative estimate of drug-likeness (QED) is 0.722. The number of nitrogens with zero attached hydrogens (tertiary/aromatic N) is 1. The second-order valence-corrected chi connectivity index (χ2v) is 4.69. The van der Waals surface area contributed by atoms with Crippen LogP contribution in [-0.4, -0.2) is 4.37 Å². The molecule has 66 valence electrons. The minimum atomic E-state index is 0.601. The summed E-state index contributed by atoms with van der Waals surface area (Å²) in [5, 5.41) is 0.601. The van der Waals surface area contributed by atoms with E-state index in [1.807, 2.05) is 18.2 Å². The molecular formula is C9H5ClINS. The van der Waals surface area contributed by atoms with Crippen molar-refractivity contribution in [2.75, 3.05) is 0 Å². The Kier molecular flexibility index (Phi) is 2.86. The highest BCUT2D eigenvalue weighted by Gasteiger charge is 2.09. The maximum Gasteiger partial charge on any atom is 0.156 e. The van der Waals surface area contributed by atoms with Crippen LogP contribution in [0.5, 0.6) is 0 Å². The first kappa shape index (κ1) is 9.43. The van der Waals surface area contributed by atoms with Gasteiger partial charge in [-0.15, -0.1) is 0 Å². The molecule has 2 aromatic rings. The summed E-state index contributed by atoms with van der Waals surface area (Å²) in [5.41, 5.74) is 1.18. The minimum absolute atomic E-state index is 0.601. The van der Waals surface area contributed by atoms with E-state index in [4.69, 9.17) is 11.6 Å². The van der Waals surface area contributed by atoms with Gasteiger partial charge in [0.25, 0.3) is 0 Å². The molecule has 1 nitrogen and oxygen atoms in total. The molecule has 2 rings (SSSR count). The van der Waals surface area contributed by atoms with Crippen LogP contribution < -0.4 is 0 Å². The van der Waals surface area contributed by atoms with E-state index in [1.54, 1.807) is 0 Å². The van der Waals surface area contributed by atoms with Crippen molar-refractivity contribution in [3.63, 3.8) is 0 Å². The van der Waals surface area contributed by atoms with Gasteiger partial charge in [0.2, 0.25) is 0 Å². The molecule has 0 radical (unpaired) electrons. The summed E-state index contributed by atoms with van der Waals surface area (Å²) in [6.07, 6.45) is 0. The molecule has 0 N–H and O–H groups in total. The molecule has 0 unspecified atom stereocenters. The lowest BCUT2D eigenvalue weighted by atomic mass is 10.2. The molecule has 0 bridgehead atoms. The fourth-order valence-corrected chi connectivity index (χ4v) is 2.85. The highest BCUT2D eigenvalue weighted by atomic mass is 127. The highest BCUT2D eigenvalue weighted by molar-refractivity contribution is 14.1. The van der Waals surface area contributed by atoms with E-state index in [1.165, 1.54) is 17.1 Å². The van der Waals surface area contributed by atoms with Crippen molar-refractivity contribution in [1.82, 2.24) is 4.37 Å². The Morgan fingerprint density at radius 2 is 1.92 bits per heavy atom. The first-order valence-electron chi connectivity index (χ1n) is 3.65. The third-order valence-corrected chi connectivity index (χ3v) is 4.64. The smallest absolute Gasteiger partial charge is 0.156 e. The van der Waals surface area contributed by atoms with Gasteiger partial charge < -0.3 is 0 Å². The summed E-state index contributed by atoms with van der Waals surface area (Å²) in [7, 11) is 0. The van der Waals surface area contributed by atoms with Crippen molar-refractivity contribution in [3.05, 3.63) is 39.1 Å². The van der Waals surface area contributed by atoms with Crippen molar-refractivity contribution in [2.24, 2.45) is 0 Å². The zero-order valence-corrected chi connectivity index (χ0v) is 10.2. The maximum absolute atomic E-state index is 5.87. The molecule has 0 fully saturated rings. The van der Waals surface area contributed by atoms with Gasteiger partial charge in [-0.1, -0.05) is 41.9 Å². The van der Waals surface area contributed by atoms with Gasteiger partial charge in [0.05, 0.1) is 8.45 Å². The van der Waals surface area contributed by atoms with Gasteiger partial charge in [0.1, 0.15) is 0 Å². The number of benzene rings is 1. The molecule has 0 amide bonds. The highest BCUT2D eigenvalue weighted by Crippen LogP contribution is 2.33. The fraction of sp³-hybridized carbons (Fsp3) is 0. The van der Waals surface area contributed by atoms with Crippen LogP contribution in [-0.2, 0) is 0 Å². The molecular weight excluding hydrogens is 317 g/mol. The molecule has 13 heavy (non-hydrogen) atoms. The van der Waals surface area contributed by atoms with Crippen molar-refractivity contribution in [2.45, 2.75) is 0 Å². The van der Waals surface area contributed by atoms with Gasteiger partial charge in [0.15, 0.2) is 5.15 Å². The summed E-state index contributed by atoms with van der Waals surface area (Å²) < 4.78 is 5.13. The van der Waals surface area contributed by atoms with Crippen molar-refractivity contribution < 1.29 is 0 Å². The van der Waals surface area contributed by atoms with Crippen LogP contribution in [0.15, 0.2) is 30.3 Å². The summed E-state index contributed by atoms with van der Waals surface area (Å²) in [5.74, 6) is 0. The SMILES string of the molecule is Clc1nsc(-c2ccccc2)c1I. The monoisotopic (exact) mass is 321 g/mol. The van der Waals surface area contributed by atoms with Crippen LogP contribution in [0, 0.1) is 3.57 Å². The Morgan fingerprint density at radius 3 is 2.46 bits per heavy atom. The summed E-state index contributed by atoms with van der Waals surface area (Å²) in [6, 6.07) is 10.1. The number of halogens is 2. The molecule has 0 aliphatic carbocycles. The first-order valence-corrected chi connectivity index (χ1v) is 5.88. The van der Waals surface area contributed by atoms with Gasteiger partial charge in [-0.2, -0.15) is 4.37 Å². The molecule has 1 heterocycles. The van der Waals surface area contributed by atoms with Crippen molar-refractivity contribution in [3.8, 4) is 10.4 Å². The van der Waals surface area contributed by atoms with Crippen molar-refractivity contribution >= 4 is 45.7 Å². The Labute approximate surface area is 99.1 Å². The van der Waals surface area contributed by atoms with E-state index < -0.39 is 0 Å². The second kappa shape index (κ2) is 3.94. The Balaban J connectivity index is 2.53. The van der Waals surface area contributed by atoms with Gasteiger partial charge >= 0.3 is 0 Å². The summed E-state index contributed by atoms with van der Waals surface area (Å²) in [4.78, 5) is 1.14. The number of aromatic nitrogens is 1. The minimum Gasteiger partial charge on any atom is -0.179 e. The van der Waals surface area contributed by atoms with E-state index in [0.29, 0.717) is 5.15 Å². The molecule has 0 saturated heterocycles. The molecule has 0 atom stereocenters.